The van der Waals surface area contributed by atoms with Gasteiger partial charge >= 0.3 is 5.97 Å². The number of hydrogen-bond acceptors (Lipinski definition) is 6. The maximum Gasteiger partial charge on any atom is 0.350 e. The van der Waals surface area contributed by atoms with Gasteiger partial charge in [0.05, 0.1) is 31.6 Å². The minimum absolute atomic E-state index is 0.356. The summed E-state index contributed by atoms with van der Waals surface area (Å²) in [6.45, 7) is 0. The van der Waals surface area contributed by atoms with E-state index in [2.05, 4.69) is 12.1 Å². The summed E-state index contributed by atoms with van der Waals surface area (Å²) in [6, 6.07) is 8.34. The van der Waals surface area contributed by atoms with Gasteiger partial charge < -0.3 is 10.5 Å². The highest BCUT2D eigenvalue weighted by Crippen LogP contribution is 2.50. The average molecular weight is 319 g/mol. The molecule has 0 aliphatic carbocycles. The van der Waals surface area contributed by atoms with Crippen molar-refractivity contribution < 1.29 is 9.53 Å². The molecule has 3 aromatic heterocycles. The molecule has 2 N–H and O–H groups in total. The molecule has 6 heteroatoms. The van der Waals surface area contributed by atoms with Crippen LogP contribution in [0.1, 0.15) is 9.67 Å². The van der Waals surface area contributed by atoms with Crippen LogP contribution in [0.3, 0.4) is 0 Å². The standard InChI is InChI=1S/C14H9NO2S3/c1-17-14(16)11-8(15)10-13(20-11)12-9(19-10)6-4-2-3-5-7(6)18-12/h2-5H,15H2,1H3. The molecule has 100 valence electrons. The van der Waals surface area contributed by atoms with Crippen LogP contribution in [0.15, 0.2) is 24.3 Å². The Bertz CT molecular complexity index is 977. The second-order valence-electron chi connectivity index (χ2n) is 4.35. The molecule has 0 spiro atoms. The van der Waals surface area contributed by atoms with Crippen molar-refractivity contribution in [2.45, 2.75) is 0 Å². The molecule has 1 aromatic carbocycles. The van der Waals surface area contributed by atoms with Crippen LogP contribution in [-0.4, -0.2) is 13.1 Å². The second kappa shape index (κ2) is 4.18. The minimum Gasteiger partial charge on any atom is -0.465 e. The monoisotopic (exact) mass is 319 g/mol. The van der Waals surface area contributed by atoms with Crippen molar-refractivity contribution in [3.63, 3.8) is 0 Å². The van der Waals surface area contributed by atoms with Gasteiger partial charge in [0, 0.05) is 10.1 Å². The van der Waals surface area contributed by atoms with Gasteiger partial charge in [-0.1, -0.05) is 18.2 Å². The summed E-state index contributed by atoms with van der Waals surface area (Å²) in [5.41, 5.74) is 6.66. The number of carbonyl (C=O) groups is 1. The van der Waals surface area contributed by atoms with Gasteiger partial charge in [0.1, 0.15) is 4.88 Å². The molecule has 20 heavy (non-hydrogen) atoms. The summed E-state index contributed by atoms with van der Waals surface area (Å²) in [5.74, 6) is -0.356. The summed E-state index contributed by atoms with van der Waals surface area (Å²) >= 11 is 4.84. The maximum absolute atomic E-state index is 11.7. The lowest BCUT2D eigenvalue weighted by atomic mass is 10.2. The molecule has 0 aliphatic rings. The number of nitrogens with two attached hydrogens (primary N) is 1. The first kappa shape index (κ1) is 12.1. The Morgan fingerprint density at radius 2 is 1.80 bits per heavy atom. The number of benzene rings is 1. The first-order chi connectivity index (χ1) is 9.70. The van der Waals surface area contributed by atoms with Crippen molar-refractivity contribution in [2.24, 2.45) is 0 Å². The Kier molecular flexibility index (Phi) is 2.54. The Morgan fingerprint density at radius 1 is 1.05 bits per heavy atom. The molecule has 0 amide bonds. The number of anilines is 1. The Balaban J connectivity index is 2.12. The molecule has 0 saturated carbocycles. The number of nitrogen functional groups attached to an aromatic ring is 1. The molecule has 0 aliphatic heterocycles. The molecule has 0 bridgehead atoms. The average Bonchev–Trinajstić information content (AvgIpc) is 3.08. The van der Waals surface area contributed by atoms with Gasteiger partial charge in [-0.05, 0) is 6.07 Å². The number of thiophene rings is 3. The Morgan fingerprint density at radius 3 is 2.60 bits per heavy atom. The molecule has 0 saturated heterocycles. The number of carbonyl (C=O) groups excluding carboxylic acids is 1. The third kappa shape index (κ3) is 1.47. The van der Waals surface area contributed by atoms with Crippen LogP contribution in [-0.2, 0) is 4.74 Å². The van der Waals surface area contributed by atoms with E-state index in [0.717, 1.165) is 9.40 Å². The molecule has 3 nitrogen and oxygen atoms in total. The lowest BCUT2D eigenvalue weighted by molar-refractivity contribution is 0.0607. The van der Waals surface area contributed by atoms with Crippen molar-refractivity contribution >= 4 is 74.6 Å². The van der Waals surface area contributed by atoms with Gasteiger partial charge in [0.15, 0.2) is 0 Å². The van der Waals surface area contributed by atoms with E-state index in [4.69, 9.17) is 10.5 Å². The zero-order valence-electron chi connectivity index (χ0n) is 10.4. The molecule has 0 atom stereocenters. The number of esters is 1. The lowest BCUT2D eigenvalue weighted by Crippen LogP contribution is -2.01. The zero-order chi connectivity index (χ0) is 13.9. The summed E-state index contributed by atoms with van der Waals surface area (Å²) in [7, 11) is 1.38. The molecule has 0 unspecified atom stereocenters. The van der Waals surface area contributed by atoms with Gasteiger partial charge in [-0.2, -0.15) is 0 Å². The fraction of sp³-hybridized carbons (Fsp3) is 0.0714. The Labute approximate surface area is 126 Å². The van der Waals surface area contributed by atoms with Gasteiger partial charge in [-0.3, -0.25) is 0 Å². The fourth-order valence-electron chi connectivity index (χ4n) is 2.30. The summed E-state index contributed by atoms with van der Waals surface area (Å²) in [4.78, 5) is 12.2. The lowest BCUT2D eigenvalue weighted by Gasteiger charge is -1.95. The zero-order valence-corrected chi connectivity index (χ0v) is 12.9. The smallest absolute Gasteiger partial charge is 0.350 e. The molecular weight excluding hydrogens is 310 g/mol. The van der Waals surface area contributed by atoms with Gasteiger partial charge in [-0.25, -0.2) is 4.79 Å². The third-order valence-corrected chi connectivity index (χ3v) is 7.27. The minimum atomic E-state index is -0.356. The third-order valence-electron chi connectivity index (χ3n) is 3.23. The maximum atomic E-state index is 11.7. The van der Waals surface area contributed by atoms with E-state index in [9.17, 15) is 4.79 Å². The van der Waals surface area contributed by atoms with Crippen molar-refractivity contribution in [1.29, 1.82) is 0 Å². The quantitative estimate of drug-likeness (QED) is 0.517. The van der Waals surface area contributed by atoms with Crippen LogP contribution < -0.4 is 5.73 Å². The van der Waals surface area contributed by atoms with Crippen LogP contribution >= 0.6 is 34.0 Å². The highest BCUT2D eigenvalue weighted by Gasteiger charge is 2.22. The SMILES string of the molecule is COC(=O)c1sc2c(sc3c4ccccc4sc23)c1N. The van der Waals surface area contributed by atoms with E-state index in [1.54, 1.807) is 22.7 Å². The molecule has 0 fully saturated rings. The molecule has 0 radical (unpaired) electrons. The highest BCUT2D eigenvalue weighted by molar-refractivity contribution is 7.42. The van der Waals surface area contributed by atoms with Crippen molar-refractivity contribution in [1.82, 2.24) is 0 Å². The normalized spacial score (nSPS) is 11.7. The van der Waals surface area contributed by atoms with Crippen molar-refractivity contribution in [3.05, 3.63) is 29.1 Å². The van der Waals surface area contributed by atoms with Crippen LogP contribution in [0, 0.1) is 0 Å². The number of ether oxygens (including phenoxy) is 1. The number of hydrogen-bond donors (Lipinski definition) is 1. The van der Waals surface area contributed by atoms with Crippen LogP contribution in [0.4, 0.5) is 5.69 Å². The number of fused-ring (bicyclic) bond motifs is 5. The first-order valence-corrected chi connectivity index (χ1v) is 8.36. The molecular formula is C14H9NO2S3. The van der Waals surface area contributed by atoms with E-state index >= 15 is 0 Å². The van der Waals surface area contributed by atoms with Crippen molar-refractivity contribution in [3.8, 4) is 0 Å². The Hall–Kier alpha value is -1.63. The highest BCUT2D eigenvalue weighted by atomic mass is 32.1. The number of rotatable bonds is 1. The predicted molar refractivity (Wildman–Crippen MR) is 88.3 cm³/mol. The summed E-state index contributed by atoms with van der Waals surface area (Å²) in [6.07, 6.45) is 0. The van der Waals surface area contributed by atoms with Crippen LogP contribution in [0.25, 0.3) is 28.9 Å². The summed E-state index contributed by atoms with van der Waals surface area (Å²) in [5, 5.41) is 1.26. The number of methoxy groups -OCH3 is 1. The molecule has 3 heterocycles. The predicted octanol–water partition coefficient (Wildman–Crippen LogP) is 4.70. The fourth-order valence-corrected chi connectivity index (χ4v) is 6.42. The van der Waals surface area contributed by atoms with Crippen LogP contribution in [0.2, 0.25) is 0 Å². The van der Waals surface area contributed by atoms with E-state index < -0.39 is 0 Å². The van der Waals surface area contributed by atoms with E-state index in [1.165, 1.54) is 37.9 Å². The summed E-state index contributed by atoms with van der Waals surface area (Å²) < 4.78 is 10.6. The first-order valence-electron chi connectivity index (χ1n) is 5.91. The molecule has 4 rings (SSSR count). The van der Waals surface area contributed by atoms with Gasteiger partial charge in [-0.15, -0.1) is 34.0 Å². The van der Waals surface area contributed by atoms with E-state index in [-0.39, 0.29) is 5.97 Å². The van der Waals surface area contributed by atoms with Gasteiger partial charge in [0.2, 0.25) is 0 Å². The second-order valence-corrected chi connectivity index (χ2v) is 7.45. The van der Waals surface area contributed by atoms with Crippen LogP contribution in [0.5, 0.6) is 0 Å². The topological polar surface area (TPSA) is 52.3 Å². The van der Waals surface area contributed by atoms with Crippen molar-refractivity contribution in [2.75, 3.05) is 12.8 Å². The van der Waals surface area contributed by atoms with Gasteiger partial charge in [0.25, 0.3) is 0 Å². The van der Waals surface area contributed by atoms with E-state index in [0.29, 0.717) is 10.6 Å². The largest absolute Gasteiger partial charge is 0.465 e. The van der Waals surface area contributed by atoms with E-state index in [1.807, 2.05) is 12.1 Å². The molecule has 4 aromatic rings.